The van der Waals surface area contributed by atoms with Crippen LogP contribution in [-0.2, 0) is 6.42 Å². The second-order valence-electron chi connectivity index (χ2n) is 6.49. The van der Waals surface area contributed by atoms with Gasteiger partial charge in [0.05, 0.1) is 0 Å². The van der Waals surface area contributed by atoms with E-state index in [-0.39, 0.29) is 5.91 Å². The van der Waals surface area contributed by atoms with E-state index in [0.717, 1.165) is 38.3 Å². The monoisotopic (exact) mass is 363 g/mol. The highest BCUT2D eigenvalue weighted by molar-refractivity contribution is 5.94. The van der Waals surface area contributed by atoms with E-state index in [1.54, 1.807) is 24.5 Å². The zero-order valence-corrected chi connectivity index (χ0v) is 15.0. The number of nitrogens with zero attached hydrogens (tertiary/aromatic N) is 5. The van der Waals surface area contributed by atoms with Gasteiger partial charge in [-0.15, -0.1) is 10.2 Å². The highest BCUT2D eigenvalue weighted by atomic mass is 16.4. The van der Waals surface area contributed by atoms with E-state index in [1.807, 2.05) is 35.2 Å². The summed E-state index contributed by atoms with van der Waals surface area (Å²) < 4.78 is 5.76. The van der Waals surface area contributed by atoms with Gasteiger partial charge in [-0.3, -0.25) is 14.7 Å². The Morgan fingerprint density at radius 1 is 0.963 bits per heavy atom. The van der Waals surface area contributed by atoms with Crippen molar-refractivity contribution in [2.75, 3.05) is 32.7 Å². The fourth-order valence-electron chi connectivity index (χ4n) is 3.16. The Hall–Kier alpha value is -3.06. The molecule has 0 aliphatic carbocycles. The van der Waals surface area contributed by atoms with E-state index in [4.69, 9.17) is 4.42 Å². The Labute approximate surface area is 157 Å². The second kappa shape index (κ2) is 8.09. The number of hydrogen-bond donors (Lipinski definition) is 0. The molecule has 138 valence electrons. The highest BCUT2D eigenvalue weighted by Gasteiger charge is 2.22. The molecule has 0 atom stereocenters. The summed E-state index contributed by atoms with van der Waals surface area (Å²) in [5.74, 6) is 1.27. The number of carbonyl (C=O) groups is 1. The minimum atomic E-state index is 0.0708. The van der Waals surface area contributed by atoms with Gasteiger partial charge in [0.2, 0.25) is 11.8 Å². The third-order valence-corrected chi connectivity index (χ3v) is 4.72. The average molecular weight is 363 g/mol. The van der Waals surface area contributed by atoms with Gasteiger partial charge in [-0.05, 0) is 24.3 Å². The van der Waals surface area contributed by atoms with Crippen LogP contribution < -0.4 is 0 Å². The number of pyridine rings is 1. The summed E-state index contributed by atoms with van der Waals surface area (Å²) in [6.45, 7) is 3.97. The first kappa shape index (κ1) is 17.4. The number of amides is 1. The summed E-state index contributed by atoms with van der Waals surface area (Å²) in [5.41, 5.74) is 1.62. The molecule has 2 aromatic heterocycles. The lowest BCUT2D eigenvalue weighted by Gasteiger charge is -2.34. The van der Waals surface area contributed by atoms with Crippen LogP contribution in [0.5, 0.6) is 0 Å². The topological polar surface area (TPSA) is 75.4 Å². The Bertz CT molecular complexity index is 874. The van der Waals surface area contributed by atoms with Gasteiger partial charge in [0, 0.05) is 62.7 Å². The molecule has 0 spiro atoms. The SMILES string of the molecule is O=C(c1ccncc1)N1CCN(CCc2nnc(-c3ccccc3)o2)CC1. The standard InChI is InChI=1S/C20H21N5O2/c26-20(17-6-9-21-10-7-17)25-14-12-24(13-15-25)11-8-18-22-23-19(27-18)16-4-2-1-3-5-16/h1-7,9-10H,8,11-15H2. The highest BCUT2D eigenvalue weighted by Crippen LogP contribution is 2.17. The maximum atomic E-state index is 12.5. The lowest BCUT2D eigenvalue weighted by Crippen LogP contribution is -2.49. The van der Waals surface area contributed by atoms with Crippen LogP contribution in [0.3, 0.4) is 0 Å². The zero-order valence-electron chi connectivity index (χ0n) is 15.0. The Kier molecular flexibility index (Phi) is 5.20. The van der Waals surface area contributed by atoms with E-state index < -0.39 is 0 Å². The maximum Gasteiger partial charge on any atom is 0.254 e. The summed E-state index contributed by atoms with van der Waals surface area (Å²) in [6, 6.07) is 13.3. The third kappa shape index (κ3) is 4.20. The molecule has 4 rings (SSSR count). The zero-order chi connectivity index (χ0) is 18.5. The quantitative estimate of drug-likeness (QED) is 0.691. The molecule has 1 aliphatic rings. The van der Waals surface area contributed by atoms with E-state index >= 15 is 0 Å². The smallest absolute Gasteiger partial charge is 0.254 e. The van der Waals surface area contributed by atoms with Gasteiger partial charge < -0.3 is 9.32 Å². The number of benzene rings is 1. The summed E-state index contributed by atoms with van der Waals surface area (Å²) >= 11 is 0. The van der Waals surface area contributed by atoms with Crippen LogP contribution in [0.4, 0.5) is 0 Å². The Morgan fingerprint density at radius 3 is 2.44 bits per heavy atom. The van der Waals surface area contributed by atoms with Crippen molar-refractivity contribution < 1.29 is 9.21 Å². The van der Waals surface area contributed by atoms with Crippen molar-refractivity contribution in [3.8, 4) is 11.5 Å². The minimum absolute atomic E-state index is 0.0708. The molecule has 1 saturated heterocycles. The number of hydrogen-bond acceptors (Lipinski definition) is 6. The first-order chi connectivity index (χ1) is 13.3. The fourth-order valence-corrected chi connectivity index (χ4v) is 3.16. The molecule has 27 heavy (non-hydrogen) atoms. The number of rotatable bonds is 5. The van der Waals surface area contributed by atoms with Crippen LogP contribution in [0.15, 0.2) is 59.3 Å². The van der Waals surface area contributed by atoms with Gasteiger partial charge in [-0.2, -0.15) is 0 Å². The minimum Gasteiger partial charge on any atom is -0.421 e. The van der Waals surface area contributed by atoms with Crippen LogP contribution in [0, 0.1) is 0 Å². The fraction of sp³-hybridized carbons (Fsp3) is 0.300. The van der Waals surface area contributed by atoms with Gasteiger partial charge in [-0.25, -0.2) is 0 Å². The van der Waals surface area contributed by atoms with Crippen LogP contribution in [0.25, 0.3) is 11.5 Å². The molecule has 0 bridgehead atoms. The van der Waals surface area contributed by atoms with Gasteiger partial charge in [-0.1, -0.05) is 18.2 Å². The van der Waals surface area contributed by atoms with E-state index in [2.05, 4.69) is 20.1 Å². The summed E-state index contributed by atoms with van der Waals surface area (Å²) in [5, 5.41) is 8.27. The maximum absolute atomic E-state index is 12.5. The molecule has 1 fully saturated rings. The molecule has 0 radical (unpaired) electrons. The molecular weight excluding hydrogens is 342 g/mol. The number of aromatic nitrogens is 3. The molecule has 0 unspecified atom stereocenters. The summed E-state index contributed by atoms with van der Waals surface area (Å²) in [4.78, 5) is 20.6. The van der Waals surface area contributed by atoms with Crippen molar-refractivity contribution in [1.29, 1.82) is 0 Å². The lowest BCUT2D eigenvalue weighted by atomic mass is 10.2. The van der Waals surface area contributed by atoms with Gasteiger partial charge in [0.1, 0.15) is 0 Å². The molecular formula is C20H21N5O2. The molecule has 3 aromatic rings. The summed E-state index contributed by atoms with van der Waals surface area (Å²) in [6.07, 6.45) is 4.01. The van der Waals surface area contributed by atoms with E-state index in [0.29, 0.717) is 23.8 Å². The first-order valence-corrected chi connectivity index (χ1v) is 9.09. The van der Waals surface area contributed by atoms with Gasteiger partial charge in [0.25, 0.3) is 5.91 Å². The second-order valence-corrected chi connectivity index (χ2v) is 6.49. The molecule has 7 heteroatoms. The Morgan fingerprint density at radius 2 is 1.70 bits per heavy atom. The molecule has 1 amide bonds. The van der Waals surface area contributed by atoms with Gasteiger partial charge in [0.15, 0.2) is 0 Å². The number of carbonyl (C=O) groups excluding carboxylic acids is 1. The molecule has 1 aromatic carbocycles. The van der Waals surface area contributed by atoms with Crippen molar-refractivity contribution in [3.05, 3.63) is 66.3 Å². The van der Waals surface area contributed by atoms with Crippen molar-refractivity contribution in [3.63, 3.8) is 0 Å². The molecule has 7 nitrogen and oxygen atoms in total. The predicted octanol–water partition coefficient (Wildman–Crippen LogP) is 2.13. The van der Waals surface area contributed by atoms with Crippen molar-refractivity contribution >= 4 is 5.91 Å². The van der Waals surface area contributed by atoms with Crippen LogP contribution in [0.1, 0.15) is 16.2 Å². The molecule has 0 N–H and O–H groups in total. The average Bonchev–Trinajstić information content (AvgIpc) is 3.22. The molecule has 3 heterocycles. The van der Waals surface area contributed by atoms with Crippen LogP contribution in [0.2, 0.25) is 0 Å². The van der Waals surface area contributed by atoms with Crippen molar-refractivity contribution in [2.45, 2.75) is 6.42 Å². The lowest BCUT2D eigenvalue weighted by molar-refractivity contribution is 0.0636. The van der Waals surface area contributed by atoms with Gasteiger partial charge >= 0.3 is 0 Å². The first-order valence-electron chi connectivity index (χ1n) is 9.09. The number of piperazine rings is 1. The van der Waals surface area contributed by atoms with E-state index in [9.17, 15) is 4.79 Å². The van der Waals surface area contributed by atoms with Crippen molar-refractivity contribution in [1.82, 2.24) is 25.0 Å². The largest absolute Gasteiger partial charge is 0.421 e. The third-order valence-electron chi connectivity index (χ3n) is 4.72. The van der Waals surface area contributed by atoms with Crippen molar-refractivity contribution in [2.24, 2.45) is 0 Å². The molecule has 1 aliphatic heterocycles. The predicted molar refractivity (Wildman–Crippen MR) is 100 cm³/mol. The summed E-state index contributed by atoms with van der Waals surface area (Å²) in [7, 11) is 0. The van der Waals surface area contributed by atoms with E-state index in [1.165, 1.54) is 0 Å². The Balaban J connectivity index is 1.27. The van der Waals surface area contributed by atoms with Crippen LogP contribution >= 0.6 is 0 Å². The van der Waals surface area contributed by atoms with Crippen LogP contribution in [-0.4, -0.2) is 63.6 Å². The molecule has 0 saturated carbocycles. The normalized spacial score (nSPS) is 15.0.